The summed E-state index contributed by atoms with van der Waals surface area (Å²) in [7, 11) is 1.53. The Bertz CT molecular complexity index is 988. The van der Waals surface area contributed by atoms with Gasteiger partial charge < -0.3 is 14.5 Å². The Kier molecular flexibility index (Phi) is 4.57. The molecule has 0 unspecified atom stereocenters. The van der Waals surface area contributed by atoms with E-state index in [4.69, 9.17) is 9.15 Å². The first kappa shape index (κ1) is 16.8. The molecule has 0 bridgehead atoms. The molecule has 0 aliphatic carbocycles. The van der Waals surface area contributed by atoms with E-state index >= 15 is 0 Å². The first-order valence-electron chi connectivity index (χ1n) is 8.01. The fourth-order valence-electron chi connectivity index (χ4n) is 2.51. The highest BCUT2D eigenvalue weighted by Crippen LogP contribution is 2.30. The minimum absolute atomic E-state index is 0.124. The maximum Gasteiger partial charge on any atom is 0.344 e. The number of methoxy groups -OCH3 is 1. The highest BCUT2D eigenvalue weighted by molar-refractivity contribution is 5.94. The highest BCUT2D eigenvalue weighted by Gasteiger charge is 2.14. The highest BCUT2D eigenvalue weighted by atomic mass is 16.5. The molecule has 0 aliphatic heterocycles. The van der Waals surface area contributed by atoms with E-state index in [0.717, 1.165) is 5.39 Å². The summed E-state index contributed by atoms with van der Waals surface area (Å²) in [4.78, 5) is 24.4. The summed E-state index contributed by atoms with van der Waals surface area (Å²) in [5.41, 5.74) is 1.72. The van der Waals surface area contributed by atoms with Gasteiger partial charge in [-0.15, -0.1) is 0 Å². The normalized spacial score (nSPS) is 10.9. The van der Waals surface area contributed by atoms with Gasteiger partial charge in [-0.2, -0.15) is 0 Å². The molecule has 0 aliphatic rings. The van der Waals surface area contributed by atoms with Crippen LogP contribution in [0.25, 0.3) is 22.1 Å². The van der Waals surface area contributed by atoms with Crippen molar-refractivity contribution >= 4 is 22.6 Å². The second kappa shape index (κ2) is 6.81. The molecule has 3 rings (SSSR count). The maximum absolute atomic E-state index is 12.3. The summed E-state index contributed by atoms with van der Waals surface area (Å²) in [5.74, 6) is 0.239. The van der Waals surface area contributed by atoms with Crippen LogP contribution in [0.2, 0.25) is 0 Å². The zero-order chi connectivity index (χ0) is 18.0. The van der Waals surface area contributed by atoms with Gasteiger partial charge in [-0.25, -0.2) is 4.79 Å². The van der Waals surface area contributed by atoms with Crippen molar-refractivity contribution in [2.24, 2.45) is 5.92 Å². The van der Waals surface area contributed by atoms with Crippen molar-refractivity contribution in [3.05, 3.63) is 59.0 Å². The van der Waals surface area contributed by atoms with Gasteiger partial charge in [0.05, 0.1) is 18.4 Å². The number of carbonyl (C=O) groups excluding carboxylic acids is 1. The Hall–Kier alpha value is -3.08. The maximum atomic E-state index is 12.3. The molecule has 1 heterocycles. The van der Waals surface area contributed by atoms with Gasteiger partial charge in [0, 0.05) is 11.3 Å². The minimum atomic E-state index is -0.426. The van der Waals surface area contributed by atoms with Crippen LogP contribution in [0.1, 0.15) is 13.8 Å². The van der Waals surface area contributed by atoms with Crippen LogP contribution in [0.5, 0.6) is 5.75 Å². The van der Waals surface area contributed by atoms with E-state index < -0.39 is 5.63 Å². The molecule has 0 atom stereocenters. The lowest BCUT2D eigenvalue weighted by molar-refractivity contribution is -0.118. The summed E-state index contributed by atoms with van der Waals surface area (Å²) in [6.45, 7) is 3.62. The number of benzene rings is 2. The third-order valence-corrected chi connectivity index (χ3v) is 3.93. The lowest BCUT2D eigenvalue weighted by Crippen LogP contribution is -2.18. The molecule has 5 heteroatoms. The van der Waals surface area contributed by atoms with Crippen molar-refractivity contribution in [3.63, 3.8) is 0 Å². The van der Waals surface area contributed by atoms with Crippen LogP contribution in [-0.2, 0) is 4.79 Å². The molecule has 2 aromatic carbocycles. The van der Waals surface area contributed by atoms with Gasteiger partial charge in [0.1, 0.15) is 11.3 Å². The van der Waals surface area contributed by atoms with E-state index in [9.17, 15) is 9.59 Å². The van der Waals surface area contributed by atoms with Crippen LogP contribution < -0.4 is 15.7 Å². The first-order chi connectivity index (χ1) is 12.0. The van der Waals surface area contributed by atoms with Gasteiger partial charge >= 0.3 is 5.63 Å². The summed E-state index contributed by atoms with van der Waals surface area (Å²) in [6, 6.07) is 14.3. The fraction of sp³-hybridized carbons (Fsp3) is 0.200. The predicted molar refractivity (Wildman–Crippen MR) is 97.9 cm³/mol. The Labute approximate surface area is 145 Å². The van der Waals surface area contributed by atoms with Gasteiger partial charge in [-0.05, 0) is 29.8 Å². The van der Waals surface area contributed by atoms with Gasteiger partial charge in [-0.1, -0.05) is 38.1 Å². The number of anilines is 1. The molecule has 5 nitrogen and oxygen atoms in total. The Morgan fingerprint density at radius 2 is 1.88 bits per heavy atom. The molecule has 1 amide bonds. The van der Waals surface area contributed by atoms with Crippen molar-refractivity contribution in [1.29, 1.82) is 0 Å². The molecular formula is C20H19NO4. The lowest BCUT2D eigenvalue weighted by atomic mass is 10.0. The Morgan fingerprint density at radius 3 is 2.60 bits per heavy atom. The Balaban J connectivity index is 2.10. The second-order valence-electron chi connectivity index (χ2n) is 6.04. The minimum Gasteiger partial charge on any atom is -0.495 e. The quantitative estimate of drug-likeness (QED) is 0.729. The van der Waals surface area contributed by atoms with E-state index in [-0.39, 0.29) is 11.8 Å². The fourth-order valence-corrected chi connectivity index (χ4v) is 2.51. The van der Waals surface area contributed by atoms with E-state index in [1.54, 1.807) is 30.3 Å². The lowest BCUT2D eigenvalue weighted by Gasteiger charge is -2.13. The summed E-state index contributed by atoms with van der Waals surface area (Å²) in [5, 5.41) is 3.67. The molecule has 0 saturated heterocycles. The van der Waals surface area contributed by atoms with Crippen molar-refractivity contribution < 1.29 is 13.9 Å². The first-order valence-corrected chi connectivity index (χ1v) is 8.01. The van der Waals surface area contributed by atoms with Crippen molar-refractivity contribution in [2.45, 2.75) is 13.8 Å². The van der Waals surface area contributed by atoms with Crippen molar-refractivity contribution in [2.75, 3.05) is 12.4 Å². The molecule has 0 saturated carbocycles. The third-order valence-electron chi connectivity index (χ3n) is 3.93. The molecule has 1 aromatic heterocycles. The van der Waals surface area contributed by atoms with Crippen LogP contribution in [0.15, 0.2) is 57.7 Å². The number of hydrogen-bond acceptors (Lipinski definition) is 4. The third kappa shape index (κ3) is 3.40. The number of rotatable bonds is 4. The van der Waals surface area contributed by atoms with Gasteiger partial charge in [-0.3, -0.25) is 4.79 Å². The van der Waals surface area contributed by atoms with Crippen molar-refractivity contribution in [1.82, 2.24) is 0 Å². The summed E-state index contributed by atoms with van der Waals surface area (Å²) >= 11 is 0. The van der Waals surface area contributed by atoms with E-state index in [2.05, 4.69) is 5.32 Å². The number of ether oxygens (including phenoxy) is 1. The number of fused-ring (bicyclic) bond motifs is 1. The smallest absolute Gasteiger partial charge is 0.344 e. The largest absolute Gasteiger partial charge is 0.495 e. The number of amides is 1. The van der Waals surface area contributed by atoms with Crippen LogP contribution >= 0.6 is 0 Å². The van der Waals surface area contributed by atoms with Gasteiger partial charge in [0.25, 0.3) is 0 Å². The SMILES string of the molecule is COc1ccc(-c2cc3ccccc3oc2=O)cc1NC(=O)C(C)C. The van der Waals surface area contributed by atoms with Crippen LogP contribution in [0.4, 0.5) is 5.69 Å². The topological polar surface area (TPSA) is 68.5 Å². The van der Waals surface area contributed by atoms with Crippen LogP contribution in [-0.4, -0.2) is 13.0 Å². The molecule has 0 radical (unpaired) electrons. The molecule has 128 valence electrons. The summed E-state index contributed by atoms with van der Waals surface area (Å²) < 4.78 is 10.7. The second-order valence-corrected chi connectivity index (χ2v) is 6.04. The molecule has 1 N–H and O–H groups in total. The molecule has 3 aromatic rings. The molecule has 25 heavy (non-hydrogen) atoms. The zero-order valence-electron chi connectivity index (χ0n) is 14.3. The number of carbonyl (C=O) groups is 1. The Morgan fingerprint density at radius 1 is 1.12 bits per heavy atom. The van der Waals surface area contributed by atoms with E-state index in [1.807, 2.05) is 32.0 Å². The standard InChI is InChI=1S/C20H19NO4/c1-12(2)19(22)21-16-11-13(8-9-18(16)24-3)15-10-14-6-4-5-7-17(14)25-20(15)23/h4-12H,1-3H3,(H,21,22). The molecular weight excluding hydrogens is 318 g/mol. The average molecular weight is 337 g/mol. The number of hydrogen-bond donors (Lipinski definition) is 1. The van der Waals surface area contributed by atoms with E-state index in [0.29, 0.717) is 28.1 Å². The predicted octanol–water partition coefficient (Wildman–Crippen LogP) is 4.06. The average Bonchev–Trinajstić information content (AvgIpc) is 2.61. The van der Waals surface area contributed by atoms with Crippen LogP contribution in [0, 0.1) is 5.92 Å². The zero-order valence-corrected chi connectivity index (χ0v) is 14.3. The van der Waals surface area contributed by atoms with Crippen LogP contribution in [0.3, 0.4) is 0 Å². The summed E-state index contributed by atoms with van der Waals surface area (Å²) in [6.07, 6.45) is 0. The molecule has 0 spiro atoms. The monoisotopic (exact) mass is 337 g/mol. The molecule has 0 fully saturated rings. The van der Waals surface area contributed by atoms with E-state index in [1.165, 1.54) is 7.11 Å². The van der Waals surface area contributed by atoms with Crippen molar-refractivity contribution in [3.8, 4) is 16.9 Å². The van der Waals surface area contributed by atoms with Gasteiger partial charge in [0.2, 0.25) is 5.91 Å². The number of nitrogens with one attached hydrogen (secondary N) is 1. The number of para-hydroxylation sites is 1. The van der Waals surface area contributed by atoms with Gasteiger partial charge in [0.15, 0.2) is 0 Å².